The Morgan fingerprint density at radius 3 is 2.65 bits per heavy atom. The first-order valence-corrected chi connectivity index (χ1v) is 8.00. The molecule has 1 atom stereocenters. The first-order valence-electron chi connectivity index (χ1n) is 8.00. The van der Waals surface area contributed by atoms with Crippen molar-refractivity contribution in [1.29, 1.82) is 5.26 Å². The summed E-state index contributed by atoms with van der Waals surface area (Å²) < 4.78 is 5.57. The Bertz CT molecular complexity index is 1250. The monoisotopic (exact) mass is 340 g/mol. The van der Waals surface area contributed by atoms with Gasteiger partial charge in [0.05, 0.1) is 22.7 Å². The number of carbonyl (C=O) groups excluding carboxylic acids is 1. The van der Waals surface area contributed by atoms with Gasteiger partial charge in [-0.15, -0.1) is 0 Å². The van der Waals surface area contributed by atoms with Gasteiger partial charge in [0.25, 0.3) is 0 Å². The number of nitrogens with zero attached hydrogens (tertiary/aromatic N) is 2. The molecule has 0 spiro atoms. The summed E-state index contributed by atoms with van der Waals surface area (Å²) in [7, 11) is 0. The Hall–Kier alpha value is -3.78. The van der Waals surface area contributed by atoms with Gasteiger partial charge in [0.2, 0.25) is 5.78 Å². The SMILES string of the molecule is N#C[C@@H](C(=O)c1cc(=O)c2ccccc2o1)c1ccc2ccccc2n1. The normalized spacial score (nSPS) is 12.0. The Balaban J connectivity index is 1.80. The molecular weight excluding hydrogens is 328 g/mol. The van der Waals surface area contributed by atoms with Crippen LogP contribution in [0.4, 0.5) is 0 Å². The number of carbonyl (C=O) groups is 1. The largest absolute Gasteiger partial charge is 0.453 e. The fourth-order valence-corrected chi connectivity index (χ4v) is 2.87. The predicted octanol–water partition coefficient (Wildman–Crippen LogP) is 3.83. The van der Waals surface area contributed by atoms with Crippen molar-refractivity contribution in [3.8, 4) is 6.07 Å². The van der Waals surface area contributed by atoms with Crippen molar-refractivity contribution in [2.24, 2.45) is 0 Å². The molecular formula is C21H12N2O3. The maximum absolute atomic E-state index is 12.8. The molecule has 0 bridgehead atoms. The molecule has 0 aliphatic carbocycles. The molecule has 2 heterocycles. The summed E-state index contributed by atoms with van der Waals surface area (Å²) in [5.41, 5.74) is 1.01. The molecule has 0 fully saturated rings. The maximum atomic E-state index is 12.8. The molecule has 5 heteroatoms. The zero-order chi connectivity index (χ0) is 18.1. The molecule has 0 radical (unpaired) electrons. The van der Waals surface area contributed by atoms with Gasteiger partial charge in [-0.3, -0.25) is 14.6 Å². The maximum Gasteiger partial charge on any atom is 0.221 e. The van der Waals surface area contributed by atoms with Crippen LogP contribution in [0.5, 0.6) is 0 Å². The molecule has 0 saturated carbocycles. The number of para-hydroxylation sites is 2. The van der Waals surface area contributed by atoms with E-state index in [1.165, 1.54) is 0 Å². The number of aromatic nitrogens is 1. The van der Waals surface area contributed by atoms with Gasteiger partial charge in [0.15, 0.2) is 17.1 Å². The third kappa shape index (κ3) is 2.64. The first kappa shape index (κ1) is 15.7. The van der Waals surface area contributed by atoms with E-state index in [9.17, 15) is 14.9 Å². The van der Waals surface area contributed by atoms with Gasteiger partial charge < -0.3 is 4.42 Å². The second-order valence-corrected chi connectivity index (χ2v) is 5.83. The van der Waals surface area contributed by atoms with E-state index in [1.807, 2.05) is 36.4 Å². The molecule has 5 nitrogen and oxygen atoms in total. The number of ketones is 1. The lowest BCUT2D eigenvalue weighted by atomic mass is 9.98. The van der Waals surface area contributed by atoms with Gasteiger partial charge in [-0.1, -0.05) is 36.4 Å². The van der Waals surface area contributed by atoms with Gasteiger partial charge in [0, 0.05) is 11.5 Å². The van der Waals surface area contributed by atoms with E-state index in [1.54, 1.807) is 30.3 Å². The van der Waals surface area contributed by atoms with E-state index in [0.717, 1.165) is 11.5 Å². The highest BCUT2D eigenvalue weighted by atomic mass is 16.3. The Kier molecular flexibility index (Phi) is 3.79. The summed E-state index contributed by atoms with van der Waals surface area (Å²) in [6.07, 6.45) is 0. The van der Waals surface area contributed by atoms with E-state index >= 15 is 0 Å². The molecule has 0 unspecified atom stereocenters. The van der Waals surface area contributed by atoms with Crippen LogP contribution in [0, 0.1) is 11.3 Å². The van der Waals surface area contributed by atoms with Crippen LogP contribution in [0.1, 0.15) is 22.2 Å². The van der Waals surface area contributed by atoms with Gasteiger partial charge in [-0.05, 0) is 24.3 Å². The van der Waals surface area contributed by atoms with Crippen molar-refractivity contribution < 1.29 is 9.21 Å². The van der Waals surface area contributed by atoms with Crippen molar-refractivity contribution in [3.05, 3.63) is 88.4 Å². The van der Waals surface area contributed by atoms with Crippen LogP contribution in [-0.2, 0) is 0 Å². The lowest BCUT2D eigenvalue weighted by molar-refractivity contribution is 0.0951. The van der Waals surface area contributed by atoms with Crippen LogP contribution in [-0.4, -0.2) is 10.8 Å². The predicted molar refractivity (Wildman–Crippen MR) is 96.9 cm³/mol. The molecule has 0 aliphatic heterocycles. The van der Waals surface area contributed by atoms with E-state index in [2.05, 4.69) is 4.98 Å². The van der Waals surface area contributed by atoms with Crippen molar-refractivity contribution in [3.63, 3.8) is 0 Å². The summed E-state index contributed by atoms with van der Waals surface area (Å²) in [6.45, 7) is 0. The minimum Gasteiger partial charge on any atom is -0.453 e. The Morgan fingerprint density at radius 1 is 1.04 bits per heavy atom. The summed E-state index contributed by atoms with van der Waals surface area (Å²) in [5.74, 6) is -1.88. The number of pyridine rings is 1. The number of fused-ring (bicyclic) bond motifs is 2. The van der Waals surface area contributed by atoms with Gasteiger partial charge in [0.1, 0.15) is 5.58 Å². The van der Waals surface area contributed by atoms with E-state index in [-0.39, 0.29) is 11.2 Å². The highest BCUT2D eigenvalue weighted by molar-refractivity contribution is 6.01. The smallest absolute Gasteiger partial charge is 0.221 e. The molecule has 26 heavy (non-hydrogen) atoms. The number of rotatable bonds is 3. The molecule has 0 N–H and O–H groups in total. The van der Waals surface area contributed by atoms with Crippen molar-refractivity contribution in [2.75, 3.05) is 0 Å². The molecule has 0 aliphatic rings. The average Bonchev–Trinajstić information content (AvgIpc) is 2.68. The second-order valence-electron chi connectivity index (χ2n) is 5.83. The first-order chi connectivity index (χ1) is 12.7. The summed E-state index contributed by atoms with van der Waals surface area (Å²) >= 11 is 0. The molecule has 0 saturated heterocycles. The number of hydrogen-bond acceptors (Lipinski definition) is 5. The highest BCUT2D eigenvalue weighted by Gasteiger charge is 2.26. The van der Waals surface area contributed by atoms with Crippen LogP contribution in [0.25, 0.3) is 21.9 Å². The van der Waals surface area contributed by atoms with Crippen LogP contribution in [0.3, 0.4) is 0 Å². The van der Waals surface area contributed by atoms with Crippen molar-refractivity contribution in [2.45, 2.75) is 5.92 Å². The Morgan fingerprint density at radius 2 is 1.81 bits per heavy atom. The molecule has 4 aromatic rings. The number of benzene rings is 2. The summed E-state index contributed by atoms with van der Waals surface area (Å²) in [4.78, 5) is 29.4. The standard InChI is InChI=1S/C21H12N2O3/c22-12-15(17-10-9-13-5-1-3-7-16(13)23-17)21(25)20-11-18(24)14-6-2-4-8-19(14)26-20/h1-11,15H/t15-/m1/s1. The fourth-order valence-electron chi connectivity index (χ4n) is 2.87. The number of hydrogen-bond donors (Lipinski definition) is 0. The molecule has 4 rings (SSSR count). The van der Waals surface area contributed by atoms with Crippen LogP contribution in [0.2, 0.25) is 0 Å². The third-order valence-corrected chi connectivity index (χ3v) is 4.18. The minimum absolute atomic E-state index is 0.143. The van der Waals surface area contributed by atoms with E-state index in [4.69, 9.17) is 4.42 Å². The lowest BCUT2D eigenvalue weighted by Crippen LogP contribution is -2.15. The molecule has 2 aromatic carbocycles. The van der Waals surface area contributed by atoms with Crippen molar-refractivity contribution >= 4 is 27.7 Å². The second kappa shape index (κ2) is 6.26. The molecule has 124 valence electrons. The molecule has 0 amide bonds. The summed E-state index contributed by atoms with van der Waals surface area (Å²) in [5, 5.41) is 10.8. The number of Topliss-reactive ketones (excluding diaryl/α,β-unsaturated/α-hetero) is 1. The van der Waals surface area contributed by atoms with Crippen LogP contribution >= 0.6 is 0 Å². The van der Waals surface area contributed by atoms with Crippen LogP contribution < -0.4 is 5.43 Å². The zero-order valence-electron chi connectivity index (χ0n) is 13.5. The van der Waals surface area contributed by atoms with E-state index < -0.39 is 11.7 Å². The minimum atomic E-state index is -1.15. The summed E-state index contributed by atoms with van der Waals surface area (Å²) in [6, 6.07) is 20.7. The highest BCUT2D eigenvalue weighted by Crippen LogP contribution is 2.23. The molecule has 2 aromatic heterocycles. The quantitative estimate of drug-likeness (QED) is 0.529. The lowest BCUT2D eigenvalue weighted by Gasteiger charge is -2.09. The van der Waals surface area contributed by atoms with Crippen LogP contribution in [0.15, 0.2) is 75.9 Å². The van der Waals surface area contributed by atoms with E-state index in [0.29, 0.717) is 22.2 Å². The van der Waals surface area contributed by atoms with Gasteiger partial charge in [-0.25, -0.2) is 0 Å². The topological polar surface area (TPSA) is 84.0 Å². The van der Waals surface area contributed by atoms with Gasteiger partial charge >= 0.3 is 0 Å². The average molecular weight is 340 g/mol. The number of nitriles is 1. The Labute approximate surface area is 148 Å². The third-order valence-electron chi connectivity index (χ3n) is 4.18. The van der Waals surface area contributed by atoms with Crippen molar-refractivity contribution in [1.82, 2.24) is 4.98 Å². The zero-order valence-corrected chi connectivity index (χ0v) is 13.5. The van der Waals surface area contributed by atoms with Gasteiger partial charge in [-0.2, -0.15) is 5.26 Å². The fraction of sp³-hybridized carbons (Fsp3) is 0.0476.